The van der Waals surface area contributed by atoms with Gasteiger partial charge in [-0.2, -0.15) is 0 Å². The largest absolute Gasteiger partial charge is 0.337 e. The molecule has 2 rings (SSSR count). The number of unbranched alkanes of at least 4 members (excludes halogenated alkanes) is 6. The van der Waals surface area contributed by atoms with Gasteiger partial charge in [-0.3, -0.25) is 9.59 Å². The van der Waals surface area contributed by atoms with Gasteiger partial charge in [-0.05, 0) is 24.0 Å². The molecule has 186 valence electrons. The van der Waals surface area contributed by atoms with E-state index in [-0.39, 0.29) is 11.8 Å². The molecule has 0 aromatic heterocycles. The van der Waals surface area contributed by atoms with Crippen molar-refractivity contribution in [3.8, 4) is 0 Å². The maximum Gasteiger partial charge on any atom is 0.222 e. The van der Waals surface area contributed by atoms with Crippen molar-refractivity contribution in [1.82, 2.24) is 9.80 Å². The molecule has 0 saturated heterocycles. The normalized spacial score (nSPS) is 10.8. The lowest BCUT2D eigenvalue weighted by Crippen LogP contribution is -2.40. The molecule has 2 amide bonds. The van der Waals surface area contributed by atoms with Crippen LogP contribution in [0.4, 0.5) is 0 Å². The highest BCUT2D eigenvalue weighted by atomic mass is 16.2. The van der Waals surface area contributed by atoms with Crippen LogP contribution in [0, 0.1) is 0 Å². The predicted octanol–water partition coefficient (Wildman–Crippen LogP) is 6.98. The molecule has 0 aliphatic rings. The van der Waals surface area contributed by atoms with E-state index in [0.29, 0.717) is 39.0 Å². The average molecular weight is 465 g/mol. The summed E-state index contributed by atoms with van der Waals surface area (Å²) in [6.45, 7) is 6.69. The molecule has 2 aromatic carbocycles. The first-order valence-corrected chi connectivity index (χ1v) is 13.3. The van der Waals surface area contributed by atoms with Crippen LogP contribution >= 0.6 is 0 Å². The van der Waals surface area contributed by atoms with Gasteiger partial charge in [0.05, 0.1) is 0 Å². The van der Waals surface area contributed by atoms with Gasteiger partial charge in [0.25, 0.3) is 0 Å². The van der Waals surface area contributed by atoms with Crippen molar-refractivity contribution in [2.24, 2.45) is 0 Å². The number of benzene rings is 2. The van der Waals surface area contributed by atoms with Gasteiger partial charge in [-0.15, -0.1) is 0 Å². The Morgan fingerprint density at radius 3 is 1.29 bits per heavy atom. The first-order valence-electron chi connectivity index (χ1n) is 13.3. The maximum absolute atomic E-state index is 13.1. The molecule has 0 spiro atoms. The minimum absolute atomic E-state index is 0.190. The smallest absolute Gasteiger partial charge is 0.222 e. The summed E-state index contributed by atoms with van der Waals surface area (Å²) in [6, 6.07) is 20.3. The van der Waals surface area contributed by atoms with Crippen molar-refractivity contribution in [1.29, 1.82) is 0 Å². The second-order valence-corrected chi connectivity index (χ2v) is 9.22. The van der Waals surface area contributed by atoms with Crippen molar-refractivity contribution >= 4 is 11.8 Å². The molecule has 0 saturated carbocycles. The van der Waals surface area contributed by atoms with Crippen LogP contribution in [-0.2, 0) is 22.7 Å². The summed E-state index contributed by atoms with van der Waals surface area (Å²) in [6.07, 6.45) is 9.88. The number of rotatable bonds is 17. The molecule has 34 heavy (non-hydrogen) atoms. The number of hydrogen-bond donors (Lipinski definition) is 0. The SMILES string of the molecule is CCCCCCC(=O)N(CCN(Cc1ccccc1)C(=O)CCCCCC)Cc1ccccc1. The summed E-state index contributed by atoms with van der Waals surface area (Å²) in [7, 11) is 0. The summed E-state index contributed by atoms with van der Waals surface area (Å²) in [5.74, 6) is 0.380. The number of amides is 2. The third-order valence-electron chi connectivity index (χ3n) is 6.27. The third-order valence-corrected chi connectivity index (χ3v) is 6.27. The van der Waals surface area contributed by atoms with Gasteiger partial charge >= 0.3 is 0 Å². The van der Waals surface area contributed by atoms with Gasteiger partial charge in [0.1, 0.15) is 0 Å². The van der Waals surface area contributed by atoms with Crippen LogP contribution in [-0.4, -0.2) is 34.7 Å². The molecule has 0 fully saturated rings. The van der Waals surface area contributed by atoms with Crippen LogP contribution in [0.1, 0.15) is 89.2 Å². The zero-order chi connectivity index (χ0) is 24.4. The second kappa shape index (κ2) is 16.9. The van der Waals surface area contributed by atoms with Gasteiger partial charge < -0.3 is 9.80 Å². The van der Waals surface area contributed by atoms with Crippen LogP contribution in [0.3, 0.4) is 0 Å². The molecule has 0 heterocycles. The minimum Gasteiger partial charge on any atom is -0.337 e. The van der Waals surface area contributed by atoms with E-state index in [1.807, 2.05) is 46.2 Å². The van der Waals surface area contributed by atoms with E-state index >= 15 is 0 Å². The lowest BCUT2D eigenvalue weighted by atomic mass is 10.1. The average Bonchev–Trinajstić information content (AvgIpc) is 2.87. The fraction of sp³-hybridized carbons (Fsp3) is 0.533. The fourth-order valence-electron chi connectivity index (χ4n) is 4.16. The van der Waals surface area contributed by atoms with E-state index in [9.17, 15) is 9.59 Å². The zero-order valence-electron chi connectivity index (χ0n) is 21.4. The molecular weight excluding hydrogens is 420 g/mol. The monoisotopic (exact) mass is 464 g/mol. The summed E-state index contributed by atoms with van der Waals surface area (Å²) in [5, 5.41) is 0. The third kappa shape index (κ3) is 11.0. The van der Waals surface area contributed by atoms with Gasteiger partial charge in [0.15, 0.2) is 0 Å². The van der Waals surface area contributed by atoms with Crippen LogP contribution in [0.2, 0.25) is 0 Å². The number of hydrogen-bond acceptors (Lipinski definition) is 2. The molecule has 0 radical (unpaired) electrons. The van der Waals surface area contributed by atoms with Crippen molar-refractivity contribution in [2.45, 2.75) is 91.1 Å². The Morgan fingerprint density at radius 2 is 0.941 bits per heavy atom. The predicted molar refractivity (Wildman–Crippen MR) is 141 cm³/mol. The first kappa shape index (κ1) is 27.6. The molecule has 2 aromatic rings. The summed E-state index contributed by atoms with van der Waals surface area (Å²) in [5.41, 5.74) is 2.26. The van der Waals surface area contributed by atoms with E-state index in [2.05, 4.69) is 38.1 Å². The van der Waals surface area contributed by atoms with Crippen LogP contribution in [0.15, 0.2) is 60.7 Å². The zero-order valence-corrected chi connectivity index (χ0v) is 21.4. The van der Waals surface area contributed by atoms with Crippen molar-refractivity contribution in [3.63, 3.8) is 0 Å². The fourth-order valence-corrected chi connectivity index (χ4v) is 4.16. The molecule has 4 nitrogen and oxygen atoms in total. The molecule has 0 aliphatic heterocycles. The highest BCUT2D eigenvalue weighted by Gasteiger charge is 2.19. The quantitative estimate of drug-likeness (QED) is 0.237. The lowest BCUT2D eigenvalue weighted by molar-refractivity contribution is -0.136. The van der Waals surface area contributed by atoms with E-state index in [1.165, 1.54) is 12.8 Å². The topological polar surface area (TPSA) is 40.6 Å². The molecule has 0 aliphatic carbocycles. The number of carbonyl (C=O) groups is 2. The Kier molecular flexibility index (Phi) is 13.7. The standard InChI is InChI=1S/C30H44N2O2/c1-3-5-7-15-21-29(33)31(25-27-17-11-9-12-18-27)23-24-32(26-28-19-13-10-14-20-28)30(34)22-16-8-6-4-2/h9-14,17-20H,3-8,15-16,21-26H2,1-2H3. The highest BCUT2D eigenvalue weighted by molar-refractivity contribution is 5.77. The molecule has 0 atom stereocenters. The summed E-state index contributed by atoms with van der Waals surface area (Å²) < 4.78 is 0. The van der Waals surface area contributed by atoms with Crippen LogP contribution in [0.5, 0.6) is 0 Å². The second-order valence-electron chi connectivity index (χ2n) is 9.22. The van der Waals surface area contributed by atoms with E-state index in [0.717, 1.165) is 49.7 Å². The molecule has 0 bridgehead atoms. The van der Waals surface area contributed by atoms with Crippen molar-refractivity contribution < 1.29 is 9.59 Å². The van der Waals surface area contributed by atoms with E-state index < -0.39 is 0 Å². The summed E-state index contributed by atoms with van der Waals surface area (Å²) in [4.78, 5) is 30.1. The highest BCUT2D eigenvalue weighted by Crippen LogP contribution is 2.13. The Hall–Kier alpha value is -2.62. The Morgan fingerprint density at radius 1 is 0.559 bits per heavy atom. The van der Waals surface area contributed by atoms with E-state index in [4.69, 9.17) is 0 Å². The molecular formula is C30H44N2O2. The molecule has 0 unspecified atom stereocenters. The first-order chi connectivity index (χ1) is 16.6. The molecule has 4 heteroatoms. The van der Waals surface area contributed by atoms with Gasteiger partial charge in [-0.1, -0.05) is 113 Å². The van der Waals surface area contributed by atoms with Crippen LogP contribution < -0.4 is 0 Å². The number of nitrogens with zero attached hydrogens (tertiary/aromatic N) is 2. The van der Waals surface area contributed by atoms with Gasteiger partial charge in [0.2, 0.25) is 11.8 Å². The van der Waals surface area contributed by atoms with Gasteiger partial charge in [-0.25, -0.2) is 0 Å². The Balaban J connectivity index is 2.05. The Bertz CT molecular complexity index is 738. The van der Waals surface area contributed by atoms with Gasteiger partial charge in [0, 0.05) is 39.0 Å². The maximum atomic E-state index is 13.1. The van der Waals surface area contributed by atoms with Crippen molar-refractivity contribution in [2.75, 3.05) is 13.1 Å². The molecule has 0 N–H and O–H groups in total. The Labute approximate surface area is 207 Å². The van der Waals surface area contributed by atoms with E-state index in [1.54, 1.807) is 0 Å². The van der Waals surface area contributed by atoms with Crippen LogP contribution in [0.25, 0.3) is 0 Å². The lowest BCUT2D eigenvalue weighted by Gasteiger charge is -2.29. The van der Waals surface area contributed by atoms with Crippen molar-refractivity contribution in [3.05, 3.63) is 71.8 Å². The summed E-state index contributed by atoms with van der Waals surface area (Å²) >= 11 is 0. The number of carbonyl (C=O) groups excluding carboxylic acids is 2. The minimum atomic E-state index is 0.190.